The van der Waals surface area contributed by atoms with Crippen LogP contribution in [0.4, 0.5) is 0 Å². The van der Waals surface area contributed by atoms with Crippen LogP contribution in [0.5, 0.6) is 0 Å². The maximum Gasteiger partial charge on any atom is 0.241 e. The molecule has 0 amide bonds. The molecular formula is C6H9NO2. The van der Waals surface area contributed by atoms with E-state index in [0.717, 1.165) is 0 Å². The first kappa shape index (κ1) is 8.01. The van der Waals surface area contributed by atoms with Crippen LogP contribution >= 0.6 is 0 Å². The van der Waals surface area contributed by atoms with Crippen LogP contribution in [0.15, 0.2) is 4.99 Å². The number of carbonyl (C=O) groups excluding carboxylic acids is 2. The first-order chi connectivity index (χ1) is 4.09. The molecule has 0 aromatic heterocycles. The highest BCUT2D eigenvalue weighted by atomic mass is 16.2. The minimum Gasteiger partial charge on any atom is -0.291 e. The molecule has 0 fully saturated rings. The van der Waals surface area contributed by atoms with Crippen molar-refractivity contribution in [1.29, 1.82) is 0 Å². The summed E-state index contributed by atoms with van der Waals surface area (Å²) in [6.07, 6.45) is 0. The fourth-order valence-corrected chi connectivity index (χ4v) is 0.356. The van der Waals surface area contributed by atoms with Gasteiger partial charge in [0.25, 0.3) is 0 Å². The van der Waals surface area contributed by atoms with E-state index in [2.05, 4.69) is 4.99 Å². The van der Waals surface area contributed by atoms with Gasteiger partial charge in [-0.1, -0.05) is 0 Å². The molecule has 3 nitrogen and oxygen atoms in total. The third kappa shape index (κ3) is 2.17. The predicted molar refractivity (Wildman–Crippen MR) is 34.7 cm³/mol. The molecule has 0 aromatic rings. The molecule has 0 spiro atoms. The van der Waals surface area contributed by atoms with E-state index in [1.807, 2.05) is 0 Å². The van der Waals surface area contributed by atoms with Gasteiger partial charge >= 0.3 is 0 Å². The van der Waals surface area contributed by atoms with Crippen LogP contribution in [-0.2, 0) is 9.59 Å². The predicted octanol–water partition coefficient (Wildman–Crippen LogP) is 0.235. The SMILES string of the molecule is CN=C(C)C(=O)C(C)=O. The fraction of sp³-hybridized carbons (Fsp3) is 0.500. The summed E-state index contributed by atoms with van der Waals surface area (Å²) in [5, 5.41) is 0. The number of nitrogens with zero attached hydrogens (tertiary/aromatic N) is 1. The zero-order valence-electron chi connectivity index (χ0n) is 5.76. The van der Waals surface area contributed by atoms with Gasteiger partial charge in [-0.25, -0.2) is 0 Å². The third-order valence-electron chi connectivity index (χ3n) is 0.984. The van der Waals surface area contributed by atoms with Crippen molar-refractivity contribution in [3.63, 3.8) is 0 Å². The van der Waals surface area contributed by atoms with Crippen molar-refractivity contribution < 1.29 is 9.59 Å². The summed E-state index contributed by atoms with van der Waals surface area (Å²) in [4.78, 5) is 24.5. The van der Waals surface area contributed by atoms with E-state index < -0.39 is 11.6 Å². The van der Waals surface area contributed by atoms with Gasteiger partial charge in [-0.15, -0.1) is 0 Å². The average Bonchev–Trinajstić information content (AvgIpc) is 1.84. The van der Waals surface area contributed by atoms with E-state index in [4.69, 9.17) is 0 Å². The van der Waals surface area contributed by atoms with Gasteiger partial charge < -0.3 is 0 Å². The normalized spacial score (nSPS) is 11.2. The molecule has 0 atom stereocenters. The molecule has 0 aromatic carbocycles. The number of hydrogen-bond donors (Lipinski definition) is 0. The molecule has 0 N–H and O–H groups in total. The Balaban J connectivity index is 4.23. The number of aliphatic imine (C=N–C) groups is 1. The van der Waals surface area contributed by atoms with Crippen LogP contribution in [0.25, 0.3) is 0 Å². The van der Waals surface area contributed by atoms with Crippen LogP contribution in [0.3, 0.4) is 0 Å². The first-order valence-electron chi connectivity index (χ1n) is 2.58. The van der Waals surface area contributed by atoms with Crippen molar-refractivity contribution in [2.24, 2.45) is 4.99 Å². The Kier molecular flexibility index (Phi) is 2.78. The minimum atomic E-state index is -0.502. The van der Waals surface area contributed by atoms with Crippen molar-refractivity contribution >= 4 is 17.3 Å². The number of hydrogen-bond acceptors (Lipinski definition) is 3. The molecule has 0 rings (SSSR count). The molecule has 9 heavy (non-hydrogen) atoms. The Hall–Kier alpha value is -0.990. The Morgan fingerprint density at radius 1 is 1.22 bits per heavy atom. The molecule has 50 valence electrons. The average molecular weight is 127 g/mol. The smallest absolute Gasteiger partial charge is 0.241 e. The molecule has 0 heterocycles. The van der Waals surface area contributed by atoms with Crippen molar-refractivity contribution in [3.8, 4) is 0 Å². The maximum atomic E-state index is 10.6. The lowest BCUT2D eigenvalue weighted by Crippen LogP contribution is -2.18. The molecule has 0 aliphatic rings. The summed E-state index contributed by atoms with van der Waals surface area (Å²) in [6, 6.07) is 0. The van der Waals surface area contributed by atoms with E-state index in [1.54, 1.807) is 0 Å². The Bertz CT molecular complexity index is 170. The summed E-state index contributed by atoms with van der Waals surface area (Å²) in [7, 11) is 1.48. The van der Waals surface area contributed by atoms with Crippen LogP contribution in [-0.4, -0.2) is 24.3 Å². The number of Topliss-reactive ketones (excluding diaryl/α,β-unsaturated/α-hetero) is 2. The van der Waals surface area contributed by atoms with Gasteiger partial charge in [0.15, 0.2) is 0 Å². The molecule has 0 radical (unpaired) electrons. The number of rotatable bonds is 2. The number of ketones is 2. The van der Waals surface area contributed by atoms with Crippen molar-refractivity contribution in [1.82, 2.24) is 0 Å². The van der Waals surface area contributed by atoms with E-state index >= 15 is 0 Å². The molecule has 0 unspecified atom stereocenters. The lowest BCUT2D eigenvalue weighted by molar-refractivity contribution is -0.131. The minimum absolute atomic E-state index is 0.266. The maximum absolute atomic E-state index is 10.6. The van der Waals surface area contributed by atoms with E-state index in [9.17, 15) is 9.59 Å². The molecular weight excluding hydrogens is 118 g/mol. The Morgan fingerprint density at radius 3 is 1.78 bits per heavy atom. The fourth-order valence-electron chi connectivity index (χ4n) is 0.356. The van der Waals surface area contributed by atoms with Crippen LogP contribution in [0.2, 0.25) is 0 Å². The van der Waals surface area contributed by atoms with Gasteiger partial charge in [0.2, 0.25) is 11.6 Å². The van der Waals surface area contributed by atoms with Crippen molar-refractivity contribution in [2.45, 2.75) is 13.8 Å². The van der Waals surface area contributed by atoms with Crippen LogP contribution < -0.4 is 0 Å². The molecule has 0 bridgehead atoms. The second-order valence-corrected chi connectivity index (χ2v) is 1.69. The lowest BCUT2D eigenvalue weighted by atomic mass is 10.2. The third-order valence-corrected chi connectivity index (χ3v) is 0.984. The summed E-state index contributed by atoms with van der Waals surface area (Å²) in [5.74, 6) is -0.962. The van der Waals surface area contributed by atoms with Crippen molar-refractivity contribution in [2.75, 3.05) is 7.05 Å². The summed E-state index contributed by atoms with van der Waals surface area (Å²) in [5.41, 5.74) is 0.266. The monoisotopic (exact) mass is 127 g/mol. The standard InChI is InChI=1S/C6H9NO2/c1-4(7-3)6(9)5(2)8/h1-3H3. The summed E-state index contributed by atoms with van der Waals surface area (Å²) >= 11 is 0. The first-order valence-corrected chi connectivity index (χ1v) is 2.58. The van der Waals surface area contributed by atoms with Gasteiger partial charge in [-0.05, 0) is 6.92 Å². The van der Waals surface area contributed by atoms with E-state index in [1.165, 1.54) is 20.9 Å². The van der Waals surface area contributed by atoms with Crippen LogP contribution in [0, 0.1) is 0 Å². The van der Waals surface area contributed by atoms with Gasteiger partial charge in [-0.2, -0.15) is 0 Å². The summed E-state index contributed by atoms with van der Waals surface area (Å²) in [6.45, 7) is 2.75. The highest BCUT2D eigenvalue weighted by molar-refractivity contribution is 6.64. The summed E-state index contributed by atoms with van der Waals surface area (Å²) < 4.78 is 0. The van der Waals surface area contributed by atoms with Gasteiger partial charge in [0.1, 0.15) is 0 Å². The van der Waals surface area contributed by atoms with Gasteiger partial charge in [0, 0.05) is 14.0 Å². The number of carbonyl (C=O) groups is 2. The van der Waals surface area contributed by atoms with E-state index in [0.29, 0.717) is 0 Å². The second kappa shape index (κ2) is 3.12. The zero-order chi connectivity index (χ0) is 7.44. The van der Waals surface area contributed by atoms with Gasteiger partial charge in [-0.3, -0.25) is 14.6 Å². The molecule has 0 aliphatic heterocycles. The zero-order valence-corrected chi connectivity index (χ0v) is 5.76. The second-order valence-electron chi connectivity index (χ2n) is 1.69. The highest BCUT2D eigenvalue weighted by Crippen LogP contribution is 1.80. The topological polar surface area (TPSA) is 46.5 Å². The highest BCUT2D eigenvalue weighted by Gasteiger charge is 2.09. The Morgan fingerprint density at radius 2 is 1.67 bits per heavy atom. The van der Waals surface area contributed by atoms with E-state index in [-0.39, 0.29) is 5.71 Å². The molecule has 0 saturated heterocycles. The molecule has 0 aliphatic carbocycles. The molecule has 3 heteroatoms. The Labute approximate surface area is 53.8 Å². The van der Waals surface area contributed by atoms with Crippen LogP contribution in [0.1, 0.15) is 13.8 Å². The molecule has 0 saturated carbocycles. The van der Waals surface area contributed by atoms with Gasteiger partial charge in [0.05, 0.1) is 5.71 Å². The lowest BCUT2D eigenvalue weighted by Gasteiger charge is -1.89. The largest absolute Gasteiger partial charge is 0.291 e. The quantitative estimate of drug-likeness (QED) is 0.394. The van der Waals surface area contributed by atoms with Crippen molar-refractivity contribution in [3.05, 3.63) is 0 Å².